The zero-order valence-corrected chi connectivity index (χ0v) is 17.2. The van der Waals surface area contributed by atoms with Gasteiger partial charge in [-0.3, -0.25) is 9.48 Å². The first-order chi connectivity index (χ1) is 13.2. The number of benzene rings is 1. The second-order valence-electron chi connectivity index (χ2n) is 8.71. The van der Waals surface area contributed by atoms with Gasteiger partial charge in [-0.05, 0) is 25.8 Å². The van der Waals surface area contributed by atoms with Crippen LogP contribution in [0.3, 0.4) is 0 Å². The van der Waals surface area contributed by atoms with Crippen molar-refractivity contribution in [3.8, 4) is 11.4 Å². The molecular formula is C21H27N5O2. The molecule has 0 saturated carbocycles. The Bertz CT molecular complexity index is 1020. The summed E-state index contributed by atoms with van der Waals surface area (Å²) < 4.78 is 7.45. The van der Waals surface area contributed by atoms with Gasteiger partial charge in [-0.1, -0.05) is 38.1 Å². The van der Waals surface area contributed by atoms with Crippen molar-refractivity contribution in [2.75, 3.05) is 13.1 Å². The van der Waals surface area contributed by atoms with Crippen LogP contribution >= 0.6 is 0 Å². The standard InChI is InChI=1S/C21H27N5O2/c1-13-16-7-6-15(12-17(16)25(5)23-13)18-22-19(28-24-18)14-8-10-26(11-9-14)20(27)21(2,3)4/h6-7,12,14H,8-11H2,1-5H3. The SMILES string of the molecule is Cc1nn(C)c2cc(-c3noc(C4CCN(C(=O)C(C)(C)C)CC4)n3)ccc12. The van der Waals surface area contributed by atoms with Gasteiger partial charge in [-0.15, -0.1) is 0 Å². The van der Waals surface area contributed by atoms with Crippen molar-refractivity contribution in [3.05, 3.63) is 29.8 Å². The molecule has 0 atom stereocenters. The Hall–Kier alpha value is -2.70. The van der Waals surface area contributed by atoms with E-state index in [0.29, 0.717) is 11.7 Å². The molecule has 4 rings (SSSR count). The lowest BCUT2D eigenvalue weighted by Gasteiger charge is -2.34. The summed E-state index contributed by atoms with van der Waals surface area (Å²) in [4.78, 5) is 19.1. The number of carbonyl (C=O) groups excluding carboxylic acids is 1. The fraction of sp³-hybridized carbons (Fsp3) is 0.524. The third kappa shape index (κ3) is 3.30. The summed E-state index contributed by atoms with van der Waals surface area (Å²) in [6, 6.07) is 6.12. The number of amides is 1. The number of fused-ring (bicyclic) bond motifs is 1. The van der Waals surface area contributed by atoms with Crippen LogP contribution in [0.25, 0.3) is 22.3 Å². The van der Waals surface area contributed by atoms with Crippen molar-refractivity contribution in [3.63, 3.8) is 0 Å². The number of rotatable bonds is 2. The van der Waals surface area contributed by atoms with Crippen LogP contribution in [0, 0.1) is 12.3 Å². The molecule has 3 aromatic rings. The molecule has 7 nitrogen and oxygen atoms in total. The van der Waals surface area contributed by atoms with Gasteiger partial charge in [-0.25, -0.2) is 0 Å². The summed E-state index contributed by atoms with van der Waals surface area (Å²) in [5.74, 6) is 1.67. The molecule has 1 amide bonds. The second-order valence-corrected chi connectivity index (χ2v) is 8.71. The topological polar surface area (TPSA) is 77.0 Å². The Morgan fingerprint density at radius 2 is 1.93 bits per heavy atom. The van der Waals surface area contributed by atoms with Gasteiger partial charge in [-0.2, -0.15) is 10.1 Å². The lowest BCUT2D eigenvalue weighted by molar-refractivity contribution is -0.140. The van der Waals surface area contributed by atoms with Crippen LogP contribution in [0.15, 0.2) is 22.7 Å². The third-order valence-electron chi connectivity index (χ3n) is 5.51. The largest absolute Gasteiger partial charge is 0.342 e. The molecule has 0 N–H and O–H groups in total. The van der Waals surface area contributed by atoms with Gasteiger partial charge >= 0.3 is 0 Å². The first kappa shape index (κ1) is 18.7. The molecule has 148 valence electrons. The maximum absolute atomic E-state index is 12.5. The molecule has 1 aliphatic heterocycles. The maximum atomic E-state index is 12.5. The molecule has 0 unspecified atom stereocenters. The first-order valence-electron chi connectivity index (χ1n) is 9.81. The van der Waals surface area contributed by atoms with Crippen LogP contribution in [0.5, 0.6) is 0 Å². The monoisotopic (exact) mass is 381 g/mol. The van der Waals surface area contributed by atoms with E-state index in [0.717, 1.165) is 48.1 Å². The number of piperidine rings is 1. The quantitative estimate of drug-likeness (QED) is 0.677. The Kier molecular flexibility index (Phi) is 4.48. The minimum atomic E-state index is -0.340. The van der Waals surface area contributed by atoms with E-state index >= 15 is 0 Å². The summed E-state index contributed by atoms with van der Waals surface area (Å²) in [6.45, 7) is 9.37. The van der Waals surface area contributed by atoms with E-state index < -0.39 is 0 Å². The van der Waals surface area contributed by atoms with Gasteiger partial charge in [0, 0.05) is 42.4 Å². The van der Waals surface area contributed by atoms with Gasteiger partial charge in [0.15, 0.2) is 0 Å². The minimum absolute atomic E-state index is 0.202. The van der Waals surface area contributed by atoms with E-state index in [4.69, 9.17) is 4.52 Å². The third-order valence-corrected chi connectivity index (χ3v) is 5.51. The van der Waals surface area contributed by atoms with Crippen LogP contribution in [-0.4, -0.2) is 43.8 Å². The van der Waals surface area contributed by atoms with E-state index in [1.54, 1.807) is 0 Å². The van der Waals surface area contributed by atoms with Crippen LogP contribution < -0.4 is 0 Å². The molecule has 2 aromatic heterocycles. The molecule has 1 aromatic carbocycles. The van der Waals surface area contributed by atoms with E-state index in [1.165, 1.54) is 0 Å². The highest BCUT2D eigenvalue weighted by Crippen LogP contribution is 2.31. The Morgan fingerprint density at radius 3 is 2.61 bits per heavy atom. The smallest absolute Gasteiger partial charge is 0.230 e. The van der Waals surface area contributed by atoms with Crippen LogP contribution in [0.2, 0.25) is 0 Å². The Balaban J connectivity index is 1.50. The molecule has 1 saturated heterocycles. The predicted molar refractivity (Wildman–Crippen MR) is 107 cm³/mol. The zero-order valence-electron chi connectivity index (χ0n) is 17.2. The van der Waals surface area contributed by atoms with Crippen LogP contribution in [0.1, 0.15) is 51.1 Å². The zero-order chi connectivity index (χ0) is 20.1. The first-order valence-corrected chi connectivity index (χ1v) is 9.81. The van der Waals surface area contributed by atoms with Gasteiger partial charge in [0.1, 0.15) is 0 Å². The molecule has 7 heteroatoms. The number of aryl methyl sites for hydroxylation is 2. The number of hydrogen-bond acceptors (Lipinski definition) is 5. The van der Waals surface area contributed by atoms with Gasteiger partial charge in [0.2, 0.25) is 17.6 Å². The number of nitrogens with zero attached hydrogens (tertiary/aromatic N) is 5. The number of aromatic nitrogens is 4. The van der Waals surface area contributed by atoms with Crippen molar-refractivity contribution in [2.24, 2.45) is 12.5 Å². The summed E-state index contributed by atoms with van der Waals surface area (Å²) in [6.07, 6.45) is 1.70. The maximum Gasteiger partial charge on any atom is 0.230 e. The van der Waals surface area contributed by atoms with E-state index in [9.17, 15) is 4.79 Å². The molecular weight excluding hydrogens is 354 g/mol. The van der Waals surface area contributed by atoms with Crippen molar-refractivity contribution >= 4 is 16.8 Å². The minimum Gasteiger partial charge on any atom is -0.342 e. The molecule has 0 bridgehead atoms. The lowest BCUT2D eigenvalue weighted by Crippen LogP contribution is -2.43. The van der Waals surface area contributed by atoms with E-state index in [2.05, 4.69) is 27.4 Å². The molecule has 1 fully saturated rings. The van der Waals surface area contributed by atoms with Crippen molar-refractivity contribution in [2.45, 2.75) is 46.5 Å². The second kappa shape index (κ2) is 6.72. The van der Waals surface area contributed by atoms with Crippen LogP contribution in [0.4, 0.5) is 0 Å². The highest BCUT2D eigenvalue weighted by Gasteiger charge is 2.32. The summed E-state index contributed by atoms with van der Waals surface area (Å²) in [5, 5.41) is 9.79. The summed E-state index contributed by atoms with van der Waals surface area (Å²) >= 11 is 0. The molecule has 0 aliphatic carbocycles. The average Bonchev–Trinajstić information content (AvgIpc) is 3.26. The highest BCUT2D eigenvalue weighted by atomic mass is 16.5. The van der Waals surface area contributed by atoms with Crippen molar-refractivity contribution in [1.82, 2.24) is 24.8 Å². The van der Waals surface area contributed by atoms with Gasteiger partial charge in [0.05, 0.1) is 11.2 Å². The van der Waals surface area contributed by atoms with Gasteiger partial charge in [0.25, 0.3) is 0 Å². The van der Waals surface area contributed by atoms with E-state index in [-0.39, 0.29) is 17.2 Å². The molecule has 0 spiro atoms. The van der Waals surface area contributed by atoms with Crippen molar-refractivity contribution in [1.29, 1.82) is 0 Å². The molecule has 1 aliphatic rings. The summed E-state index contributed by atoms with van der Waals surface area (Å²) in [7, 11) is 1.94. The Morgan fingerprint density at radius 1 is 1.21 bits per heavy atom. The Labute approximate surface area is 164 Å². The summed E-state index contributed by atoms with van der Waals surface area (Å²) in [5.41, 5.74) is 2.64. The van der Waals surface area contributed by atoms with Gasteiger partial charge < -0.3 is 9.42 Å². The number of carbonyl (C=O) groups is 1. The number of likely N-dealkylation sites (tertiary alicyclic amines) is 1. The fourth-order valence-electron chi connectivity index (χ4n) is 3.90. The molecule has 0 radical (unpaired) electrons. The van der Waals surface area contributed by atoms with Crippen LogP contribution in [-0.2, 0) is 11.8 Å². The fourth-order valence-corrected chi connectivity index (χ4v) is 3.90. The van der Waals surface area contributed by atoms with Crippen molar-refractivity contribution < 1.29 is 9.32 Å². The number of hydrogen-bond donors (Lipinski definition) is 0. The van der Waals surface area contributed by atoms with E-state index in [1.807, 2.05) is 50.4 Å². The highest BCUT2D eigenvalue weighted by molar-refractivity contribution is 5.85. The molecule has 28 heavy (non-hydrogen) atoms. The predicted octanol–water partition coefficient (Wildman–Crippen LogP) is 3.68. The normalized spacial score (nSPS) is 16.1. The molecule has 3 heterocycles. The average molecular weight is 381 g/mol. The lowest BCUT2D eigenvalue weighted by atomic mass is 9.91.